The average molecular weight is 258 g/mol. The average Bonchev–Trinajstić information content (AvgIpc) is 2.92. The van der Waals surface area contributed by atoms with Crippen molar-refractivity contribution in [2.24, 2.45) is 0 Å². The molecule has 0 spiro atoms. The van der Waals surface area contributed by atoms with Gasteiger partial charge >= 0.3 is 0 Å². The highest BCUT2D eigenvalue weighted by Crippen LogP contribution is 2.34. The quantitative estimate of drug-likeness (QED) is 0.731. The van der Waals surface area contributed by atoms with Gasteiger partial charge in [0.15, 0.2) is 6.33 Å². The van der Waals surface area contributed by atoms with E-state index in [1.807, 2.05) is 30.3 Å². The van der Waals surface area contributed by atoms with Gasteiger partial charge in [0.1, 0.15) is 5.75 Å². The van der Waals surface area contributed by atoms with Crippen molar-refractivity contribution in [2.45, 2.75) is 10.6 Å². The van der Waals surface area contributed by atoms with E-state index < -0.39 is 0 Å². The first kappa shape index (κ1) is 11.1. The van der Waals surface area contributed by atoms with Crippen LogP contribution in [0.25, 0.3) is 10.8 Å². The van der Waals surface area contributed by atoms with Gasteiger partial charge in [0.2, 0.25) is 5.89 Å². The van der Waals surface area contributed by atoms with E-state index >= 15 is 0 Å². The number of rotatable bonds is 3. The van der Waals surface area contributed by atoms with E-state index in [2.05, 4.69) is 10.1 Å². The maximum atomic E-state index is 9.80. The first-order valence-corrected chi connectivity index (χ1v) is 6.42. The Hall–Kier alpha value is -2.01. The summed E-state index contributed by atoms with van der Waals surface area (Å²) in [4.78, 5) is 5.07. The molecule has 0 bridgehead atoms. The number of phenolic OH excluding ortho intramolecular Hbond substituents is 1. The summed E-state index contributed by atoms with van der Waals surface area (Å²) in [5.41, 5.74) is 0. The number of fused-ring (bicyclic) bond motifs is 1. The zero-order valence-corrected chi connectivity index (χ0v) is 10.2. The summed E-state index contributed by atoms with van der Waals surface area (Å²) in [6, 6.07) is 11.4. The Balaban J connectivity index is 1.94. The van der Waals surface area contributed by atoms with Crippen molar-refractivity contribution in [1.29, 1.82) is 0 Å². The highest BCUT2D eigenvalue weighted by molar-refractivity contribution is 7.98. The minimum atomic E-state index is 0.299. The van der Waals surface area contributed by atoms with Gasteiger partial charge in [0.25, 0.3) is 0 Å². The molecule has 90 valence electrons. The number of hydrogen-bond acceptors (Lipinski definition) is 5. The third kappa shape index (κ3) is 2.04. The second kappa shape index (κ2) is 4.70. The van der Waals surface area contributed by atoms with E-state index in [4.69, 9.17) is 4.52 Å². The highest BCUT2D eigenvalue weighted by atomic mass is 32.2. The third-order valence-electron chi connectivity index (χ3n) is 2.62. The maximum Gasteiger partial charge on any atom is 0.236 e. The molecule has 5 heteroatoms. The van der Waals surface area contributed by atoms with Gasteiger partial charge in [0, 0.05) is 10.3 Å². The molecule has 0 atom stereocenters. The zero-order valence-electron chi connectivity index (χ0n) is 9.41. The molecule has 0 aliphatic heterocycles. The van der Waals surface area contributed by atoms with E-state index in [1.54, 1.807) is 17.8 Å². The Morgan fingerprint density at radius 1 is 1.11 bits per heavy atom. The van der Waals surface area contributed by atoms with E-state index in [9.17, 15) is 5.11 Å². The van der Waals surface area contributed by atoms with Crippen LogP contribution in [0, 0.1) is 0 Å². The molecule has 3 aromatic rings. The lowest BCUT2D eigenvalue weighted by Gasteiger charge is -2.06. The zero-order chi connectivity index (χ0) is 12.4. The first-order chi connectivity index (χ1) is 8.84. The summed E-state index contributed by atoms with van der Waals surface area (Å²) >= 11 is 1.61. The molecule has 1 aromatic heterocycles. The van der Waals surface area contributed by atoms with Gasteiger partial charge in [-0.1, -0.05) is 29.4 Å². The largest absolute Gasteiger partial charge is 0.507 e. The predicted molar refractivity (Wildman–Crippen MR) is 69.5 cm³/mol. The Morgan fingerprint density at radius 2 is 1.94 bits per heavy atom. The standard InChI is InChI=1S/C13H10N2O2S/c16-11-5-6-12(10-4-2-1-3-9(10)11)18-7-13-14-8-15-17-13/h1-6,8,16H,7H2. The van der Waals surface area contributed by atoms with Gasteiger partial charge in [-0.15, -0.1) is 11.8 Å². The predicted octanol–water partition coefficient (Wildman–Crippen LogP) is 3.22. The fourth-order valence-electron chi connectivity index (χ4n) is 1.78. The van der Waals surface area contributed by atoms with E-state index in [0.29, 0.717) is 17.4 Å². The first-order valence-electron chi connectivity index (χ1n) is 5.43. The molecule has 0 aliphatic carbocycles. The Bertz CT molecular complexity index is 668. The van der Waals surface area contributed by atoms with Gasteiger partial charge in [-0.3, -0.25) is 0 Å². The molecular formula is C13H10N2O2S. The van der Waals surface area contributed by atoms with Gasteiger partial charge in [-0.05, 0) is 17.5 Å². The minimum absolute atomic E-state index is 0.299. The van der Waals surface area contributed by atoms with Crippen molar-refractivity contribution in [3.05, 3.63) is 48.6 Å². The molecule has 0 unspecified atom stereocenters. The van der Waals surface area contributed by atoms with Crippen molar-refractivity contribution >= 4 is 22.5 Å². The molecular weight excluding hydrogens is 248 g/mol. The van der Waals surface area contributed by atoms with Crippen LogP contribution < -0.4 is 0 Å². The van der Waals surface area contributed by atoms with E-state index in [1.165, 1.54) is 6.33 Å². The molecule has 1 N–H and O–H groups in total. The van der Waals surface area contributed by atoms with Crippen LogP contribution in [-0.2, 0) is 5.75 Å². The smallest absolute Gasteiger partial charge is 0.236 e. The summed E-state index contributed by atoms with van der Waals surface area (Å²) < 4.78 is 4.96. The topological polar surface area (TPSA) is 59.2 Å². The van der Waals surface area contributed by atoms with E-state index in [0.717, 1.165) is 15.7 Å². The van der Waals surface area contributed by atoms with Gasteiger partial charge < -0.3 is 9.63 Å². The number of hydrogen-bond donors (Lipinski definition) is 1. The second-order valence-electron chi connectivity index (χ2n) is 3.75. The summed E-state index contributed by atoms with van der Waals surface area (Å²) in [6.07, 6.45) is 1.39. The van der Waals surface area contributed by atoms with Crippen LogP contribution in [0.5, 0.6) is 5.75 Å². The molecule has 1 heterocycles. The Morgan fingerprint density at radius 3 is 2.72 bits per heavy atom. The number of aromatic nitrogens is 2. The van der Waals surface area contributed by atoms with Crippen molar-refractivity contribution in [1.82, 2.24) is 10.1 Å². The highest BCUT2D eigenvalue weighted by Gasteiger charge is 2.07. The number of benzene rings is 2. The lowest BCUT2D eigenvalue weighted by molar-refractivity contribution is 0.390. The van der Waals surface area contributed by atoms with Crippen LogP contribution in [0.1, 0.15) is 5.89 Å². The van der Waals surface area contributed by atoms with Crippen molar-refractivity contribution < 1.29 is 9.63 Å². The van der Waals surface area contributed by atoms with Gasteiger partial charge in [-0.2, -0.15) is 4.98 Å². The van der Waals surface area contributed by atoms with Gasteiger partial charge in [0.05, 0.1) is 5.75 Å². The third-order valence-corrected chi connectivity index (χ3v) is 3.68. The van der Waals surface area contributed by atoms with Crippen molar-refractivity contribution in [3.8, 4) is 5.75 Å². The SMILES string of the molecule is Oc1ccc(SCc2ncno2)c2ccccc12. The monoisotopic (exact) mass is 258 g/mol. The number of nitrogens with zero attached hydrogens (tertiary/aromatic N) is 2. The van der Waals surface area contributed by atoms with Crippen LogP contribution >= 0.6 is 11.8 Å². The van der Waals surface area contributed by atoms with Crippen molar-refractivity contribution in [2.75, 3.05) is 0 Å². The minimum Gasteiger partial charge on any atom is -0.507 e. The molecule has 0 saturated heterocycles. The Kier molecular flexibility index (Phi) is 2.90. The van der Waals surface area contributed by atoms with Crippen LogP contribution in [0.15, 0.2) is 52.1 Å². The molecule has 0 fully saturated rings. The molecule has 3 rings (SSSR count). The van der Waals surface area contributed by atoms with Crippen LogP contribution in [0.3, 0.4) is 0 Å². The number of thioether (sulfide) groups is 1. The molecule has 18 heavy (non-hydrogen) atoms. The van der Waals surface area contributed by atoms with Gasteiger partial charge in [-0.25, -0.2) is 0 Å². The molecule has 4 nitrogen and oxygen atoms in total. The number of aromatic hydroxyl groups is 1. The molecule has 0 radical (unpaired) electrons. The lowest BCUT2D eigenvalue weighted by atomic mass is 10.1. The molecule has 0 aliphatic rings. The maximum absolute atomic E-state index is 9.80. The lowest BCUT2D eigenvalue weighted by Crippen LogP contribution is -1.82. The normalized spacial score (nSPS) is 10.9. The number of phenols is 1. The van der Waals surface area contributed by atoms with Crippen LogP contribution in [0.4, 0.5) is 0 Å². The molecule has 0 amide bonds. The second-order valence-corrected chi connectivity index (χ2v) is 4.77. The van der Waals surface area contributed by atoms with Crippen LogP contribution in [-0.4, -0.2) is 15.2 Å². The summed E-state index contributed by atoms with van der Waals surface area (Å²) in [7, 11) is 0. The molecule has 0 saturated carbocycles. The summed E-state index contributed by atoms with van der Waals surface area (Å²) in [5, 5.41) is 15.3. The molecule has 2 aromatic carbocycles. The fraction of sp³-hybridized carbons (Fsp3) is 0.0769. The summed E-state index contributed by atoms with van der Waals surface area (Å²) in [5.74, 6) is 1.51. The summed E-state index contributed by atoms with van der Waals surface area (Å²) in [6.45, 7) is 0. The fourth-order valence-corrected chi connectivity index (χ4v) is 2.68. The van der Waals surface area contributed by atoms with E-state index in [-0.39, 0.29) is 0 Å². The van der Waals surface area contributed by atoms with Crippen molar-refractivity contribution in [3.63, 3.8) is 0 Å². The Labute approximate surface area is 108 Å². The van der Waals surface area contributed by atoms with Crippen LogP contribution in [0.2, 0.25) is 0 Å².